The van der Waals surface area contributed by atoms with Crippen LogP contribution in [0.3, 0.4) is 0 Å². The fraction of sp³-hybridized carbons (Fsp3) is 0.680. The number of ether oxygens (including phenoxy) is 2. The summed E-state index contributed by atoms with van der Waals surface area (Å²) in [5, 5.41) is 5.16. The molecule has 0 bridgehead atoms. The Hall–Kier alpha value is -2.19. The monoisotopic (exact) mass is 491 g/mol. The van der Waals surface area contributed by atoms with Gasteiger partial charge in [-0.05, 0) is 60.5 Å². The second kappa shape index (κ2) is 9.46. The first-order valence-electron chi connectivity index (χ1n) is 12.0. The van der Waals surface area contributed by atoms with E-state index in [1.807, 2.05) is 54.7 Å². The summed E-state index contributed by atoms with van der Waals surface area (Å²) in [5.41, 5.74) is 1.06. The molecule has 2 aromatic rings. The summed E-state index contributed by atoms with van der Waals surface area (Å²) < 4.78 is 14.1. The average Bonchev–Trinajstić information content (AvgIpc) is 3.33. The molecule has 8 nitrogen and oxygen atoms in total. The summed E-state index contributed by atoms with van der Waals surface area (Å²) >= 11 is 6.49. The zero-order valence-corrected chi connectivity index (χ0v) is 22.7. The number of aryl methyl sites for hydroxylation is 2. The van der Waals surface area contributed by atoms with Gasteiger partial charge >= 0.3 is 6.09 Å². The van der Waals surface area contributed by atoms with Crippen molar-refractivity contribution in [2.75, 3.05) is 13.1 Å². The maximum atomic E-state index is 12.6. The van der Waals surface area contributed by atoms with Crippen LogP contribution in [0.4, 0.5) is 4.79 Å². The molecule has 4 heterocycles. The number of amides is 1. The number of pyridine rings is 1. The molecule has 1 saturated heterocycles. The Morgan fingerprint density at radius 1 is 1.21 bits per heavy atom. The van der Waals surface area contributed by atoms with Gasteiger partial charge in [-0.25, -0.2) is 9.78 Å². The molecule has 4 rings (SSSR count). The van der Waals surface area contributed by atoms with Gasteiger partial charge in [-0.1, -0.05) is 25.4 Å². The highest BCUT2D eigenvalue weighted by molar-refractivity contribution is 6.31. The highest BCUT2D eigenvalue weighted by atomic mass is 35.5. The third-order valence-electron chi connectivity index (χ3n) is 6.29. The van der Waals surface area contributed by atoms with E-state index in [1.54, 1.807) is 15.9 Å². The number of halogens is 1. The summed E-state index contributed by atoms with van der Waals surface area (Å²) in [4.78, 5) is 23.7. The highest BCUT2D eigenvalue weighted by Crippen LogP contribution is 2.54. The van der Waals surface area contributed by atoms with E-state index in [0.29, 0.717) is 36.8 Å². The van der Waals surface area contributed by atoms with Gasteiger partial charge in [0.25, 0.3) is 0 Å². The smallest absolute Gasteiger partial charge is 0.410 e. The first-order valence-corrected chi connectivity index (χ1v) is 12.4. The van der Waals surface area contributed by atoms with Gasteiger partial charge in [0, 0.05) is 25.7 Å². The fourth-order valence-corrected chi connectivity index (χ4v) is 4.68. The number of rotatable bonds is 2. The van der Waals surface area contributed by atoms with Crippen molar-refractivity contribution in [1.82, 2.24) is 24.6 Å². The van der Waals surface area contributed by atoms with E-state index in [-0.39, 0.29) is 12.2 Å². The topological polar surface area (TPSA) is 82.4 Å². The minimum absolute atomic E-state index is 0.291. The van der Waals surface area contributed by atoms with E-state index < -0.39 is 16.6 Å². The molecule has 0 saturated carbocycles. The Kier molecular flexibility index (Phi) is 7.35. The van der Waals surface area contributed by atoms with Crippen molar-refractivity contribution in [1.29, 1.82) is 0 Å². The SMILES string of the molecule is CC.Cc1nc2c(cc1Cl)C(C(C)(C)c1ncn(C)n1)OC21CCN(C(=O)OC(C)(C)C)CC1. The van der Waals surface area contributed by atoms with E-state index in [1.165, 1.54) is 0 Å². The van der Waals surface area contributed by atoms with Crippen LogP contribution in [0, 0.1) is 6.92 Å². The molecule has 34 heavy (non-hydrogen) atoms. The number of nitrogens with zero attached hydrogens (tertiary/aromatic N) is 5. The summed E-state index contributed by atoms with van der Waals surface area (Å²) in [6.45, 7) is 16.8. The number of hydrogen-bond acceptors (Lipinski definition) is 6. The molecule has 188 valence electrons. The summed E-state index contributed by atoms with van der Waals surface area (Å²) in [5.74, 6) is 0.705. The first-order chi connectivity index (χ1) is 15.8. The summed E-state index contributed by atoms with van der Waals surface area (Å²) in [7, 11) is 1.85. The average molecular weight is 492 g/mol. The van der Waals surface area contributed by atoms with Crippen molar-refractivity contribution < 1.29 is 14.3 Å². The molecule has 2 aliphatic rings. The molecule has 1 atom stereocenters. The zero-order chi connectivity index (χ0) is 25.5. The molecule has 2 aliphatic heterocycles. The van der Waals surface area contributed by atoms with Crippen LogP contribution in [0.15, 0.2) is 12.4 Å². The maximum absolute atomic E-state index is 12.6. The number of hydrogen-bond donors (Lipinski definition) is 0. The van der Waals surface area contributed by atoms with Crippen molar-refractivity contribution in [2.24, 2.45) is 7.05 Å². The lowest BCUT2D eigenvalue weighted by Gasteiger charge is -2.40. The molecular formula is C25H38ClN5O3. The van der Waals surface area contributed by atoms with E-state index >= 15 is 0 Å². The second-order valence-corrected chi connectivity index (χ2v) is 10.8. The van der Waals surface area contributed by atoms with Crippen LogP contribution < -0.4 is 0 Å². The lowest BCUT2D eigenvalue weighted by atomic mass is 9.81. The normalized spacial score (nSPS) is 19.5. The summed E-state index contributed by atoms with van der Waals surface area (Å²) in [6.07, 6.45) is 2.37. The van der Waals surface area contributed by atoms with E-state index in [9.17, 15) is 4.79 Å². The standard InChI is InChI=1S/C23H32ClN5O3.C2H6/c1-14-16(24)12-15-17(26-14)23(8-10-29(11-9-23)20(30)32-21(2,3)4)31-18(15)22(5,6)19-25-13-28(7)27-19;1-2/h12-13,18H,8-11H2,1-7H3;1-2H3. The molecule has 2 aromatic heterocycles. The number of likely N-dealkylation sites (tertiary alicyclic amines) is 1. The van der Waals surface area contributed by atoms with E-state index in [4.69, 9.17) is 26.1 Å². The quantitative estimate of drug-likeness (QED) is 0.553. The molecule has 0 aromatic carbocycles. The third-order valence-corrected chi connectivity index (χ3v) is 6.68. The molecule has 0 radical (unpaired) electrons. The fourth-order valence-electron chi connectivity index (χ4n) is 4.52. The van der Waals surface area contributed by atoms with Crippen molar-refractivity contribution in [2.45, 2.75) is 91.0 Å². The number of piperidine rings is 1. The van der Waals surface area contributed by atoms with Gasteiger partial charge < -0.3 is 14.4 Å². The van der Waals surface area contributed by atoms with E-state index in [2.05, 4.69) is 23.9 Å². The van der Waals surface area contributed by atoms with Crippen LogP contribution in [-0.4, -0.2) is 49.4 Å². The highest BCUT2D eigenvalue weighted by Gasteiger charge is 2.54. The third kappa shape index (κ3) is 4.93. The number of fused-ring (bicyclic) bond motifs is 2. The number of carbonyl (C=O) groups is 1. The van der Waals surface area contributed by atoms with Crippen LogP contribution in [-0.2, 0) is 27.5 Å². The zero-order valence-electron chi connectivity index (χ0n) is 21.9. The Labute approximate surface area is 208 Å². The van der Waals surface area contributed by atoms with Gasteiger partial charge in [-0.3, -0.25) is 9.67 Å². The second-order valence-electron chi connectivity index (χ2n) is 10.4. The Morgan fingerprint density at radius 3 is 2.35 bits per heavy atom. The van der Waals surface area contributed by atoms with Gasteiger partial charge in [0.05, 0.1) is 27.9 Å². The van der Waals surface area contributed by atoms with Crippen LogP contribution in [0.25, 0.3) is 0 Å². The van der Waals surface area contributed by atoms with Gasteiger partial charge in [0.15, 0.2) is 5.82 Å². The van der Waals surface area contributed by atoms with Crippen molar-refractivity contribution in [3.05, 3.63) is 40.2 Å². The van der Waals surface area contributed by atoms with Gasteiger partial charge in [-0.2, -0.15) is 5.10 Å². The first kappa shape index (κ1) is 26.4. The van der Waals surface area contributed by atoms with Gasteiger partial charge in [-0.15, -0.1) is 0 Å². The largest absolute Gasteiger partial charge is 0.444 e. The molecule has 9 heteroatoms. The predicted molar refractivity (Wildman–Crippen MR) is 132 cm³/mol. The Morgan fingerprint density at radius 2 is 1.82 bits per heavy atom. The maximum Gasteiger partial charge on any atom is 0.410 e. The number of aromatic nitrogens is 4. The van der Waals surface area contributed by atoms with Gasteiger partial charge in [0.2, 0.25) is 0 Å². The molecular weight excluding hydrogens is 454 g/mol. The van der Waals surface area contributed by atoms with Crippen molar-refractivity contribution >= 4 is 17.7 Å². The molecule has 1 spiro atoms. The molecule has 1 fully saturated rings. The van der Waals surface area contributed by atoms with E-state index in [0.717, 1.165) is 17.0 Å². The summed E-state index contributed by atoms with van der Waals surface area (Å²) in [6, 6.07) is 1.98. The van der Waals surface area contributed by atoms with Crippen LogP contribution >= 0.6 is 11.6 Å². The molecule has 1 unspecified atom stereocenters. The lowest BCUT2D eigenvalue weighted by molar-refractivity contribution is -0.131. The number of carbonyl (C=O) groups excluding carboxylic acids is 1. The van der Waals surface area contributed by atoms with Gasteiger partial charge in [0.1, 0.15) is 17.5 Å². The molecule has 1 amide bonds. The van der Waals surface area contributed by atoms with Crippen LogP contribution in [0.5, 0.6) is 0 Å². The molecule has 0 aliphatic carbocycles. The van der Waals surface area contributed by atoms with Crippen molar-refractivity contribution in [3.8, 4) is 0 Å². The minimum Gasteiger partial charge on any atom is -0.444 e. The minimum atomic E-state index is -0.583. The Balaban J connectivity index is 0.00000158. The molecule has 0 N–H and O–H groups in total. The van der Waals surface area contributed by atoms with Crippen LogP contribution in [0.2, 0.25) is 5.02 Å². The lowest BCUT2D eigenvalue weighted by Crippen LogP contribution is -2.47. The predicted octanol–water partition coefficient (Wildman–Crippen LogP) is 5.47. The van der Waals surface area contributed by atoms with Crippen molar-refractivity contribution in [3.63, 3.8) is 0 Å². The Bertz CT molecular complexity index is 1040. The van der Waals surface area contributed by atoms with Crippen LogP contribution in [0.1, 0.15) is 90.2 Å².